The molecule has 0 amide bonds. The molecule has 1 fully saturated rings. The molecule has 0 radical (unpaired) electrons. The molecule has 0 saturated carbocycles. The smallest absolute Gasteiger partial charge is 0.0792 e. The molecule has 1 aromatic carbocycles. The van der Waals surface area contributed by atoms with Crippen molar-refractivity contribution in [2.24, 2.45) is 0 Å². The van der Waals surface area contributed by atoms with Crippen molar-refractivity contribution in [3.63, 3.8) is 0 Å². The van der Waals surface area contributed by atoms with Gasteiger partial charge in [0.25, 0.3) is 0 Å². The number of hydrogen-bond acceptors (Lipinski definition) is 2. The van der Waals surface area contributed by atoms with Crippen LogP contribution in [0.1, 0.15) is 25.0 Å². The first kappa shape index (κ1) is 11.9. The number of para-hydroxylation sites is 1. The van der Waals surface area contributed by atoms with Crippen LogP contribution in [0, 0.1) is 0 Å². The first-order valence-corrected chi connectivity index (χ1v) is 7.49. The number of nitrogens with zero attached hydrogens (tertiary/aromatic N) is 2. The second-order valence-electron chi connectivity index (χ2n) is 5.68. The number of rotatable bonds is 2. The van der Waals surface area contributed by atoms with E-state index in [0.29, 0.717) is 0 Å². The van der Waals surface area contributed by atoms with Crippen molar-refractivity contribution in [2.45, 2.75) is 25.8 Å². The third-order valence-corrected chi connectivity index (χ3v) is 4.31. The Hall–Kier alpha value is -1.87. The predicted octanol–water partition coefficient (Wildman–Crippen LogP) is 3.70. The number of H-pyrrole nitrogens is 1. The predicted molar refractivity (Wildman–Crippen MR) is 82.7 cm³/mol. The van der Waals surface area contributed by atoms with Gasteiger partial charge in [-0.15, -0.1) is 0 Å². The number of aromatic nitrogens is 2. The van der Waals surface area contributed by atoms with E-state index >= 15 is 0 Å². The summed E-state index contributed by atoms with van der Waals surface area (Å²) in [5.74, 6) is 0. The molecular formula is C17H19N3. The SMILES string of the molecule is c1ccc2c(c1)nc(CN1CCCCC1)c1[nH]ccc12. The van der Waals surface area contributed by atoms with E-state index in [1.807, 2.05) is 6.20 Å². The number of fused-ring (bicyclic) bond motifs is 3. The molecule has 4 rings (SSSR count). The molecule has 0 atom stereocenters. The number of nitrogens with one attached hydrogen (secondary N) is 1. The van der Waals surface area contributed by atoms with Crippen molar-refractivity contribution < 1.29 is 0 Å². The van der Waals surface area contributed by atoms with Crippen LogP contribution in [0.15, 0.2) is 36.5 Å². The fourth-order valence-electron chi connectivity index (χ4n) is 3.28. The Kier molecular flexibility index (Phi) is 2.92. The fraction of sp³-hybridized carbons (Fsp3) is 0.353. The Morgan fingerprint density at radius 3 is 2.75 bits per heavy atom. The van der Waals surface area contributed by atoms with Gasteiger partial charge in [-0.05, 0) is 38.1 Å². The number of piperidine rings is 1. The Bertz CT molecular complexity index is 738. The maximum absolute atomic E-state index is 4.90. The Morgan fingerprint density at radius 1 is 1.00 bits per heavy atom. The molecule has 2 aromatic heterocycles. The highest BCUT2D eigenvalue weighted by atomic mass is 15.1. The molecule has 102 valence electrons. The summed E-state index contributed by atoms with van der Waals surface area (Å²) in [7, 11) is 0. The number of likely N-dealkylation sites (tertiary alicyclic amines) is 1. The first-order valence-electron chi connectivity index (χ1n) is 7.49. The van der Waals surface area contributed by atoms with E-state index in [-0.39, 0.29) is 0 Å². The van der Waals surface area contributed by atoms with Gasteiger partial charge in [-0.3, -0.25) is 4.90 Å². The van der Waals surface area contributed by atoms with Crippen LogP contribution in [-0.2, 0) is 6.54 Å². The van der Waals surface area contributed by atoms with Gasteiger partial charge in [0.15, 0.2) is 0 Å². The van der Waals surface area contributed by atoms with E-state index in [4.69, 9.17) is 4.98 Å². The summed E-state index contributed by atoms with van der Waals surface area (Å²) < 4.78 is 0. The number of pyridine rings is 1. The van der Waals surface area contributed by atoms with Gasteiger partial charge in [0.2, 0.25) is 0 Å². The zero-order valence-corrected chi connectivity index (χ0v) is 11.6. The zero-order chi connectivity index (χ0) is 13.4. The number of aromatic amines is 1. The molecule has 0 aliphatic carbocycles. The van der Waals surface area contributed by atoms with Crippen molar-refractivity contribution in [1.82, 2.24) is 14.9 Å². The molecule has 1 N–H and O–H groups in total. The van der Waals surface area contributed by atoms with Gasteiger partial charge in [-0.25, -0.2) is 4.98 Å². The molecule has 1 aliphatic rings. The minimum absolute atomic E-state index is 0.960. The third kappa shape index (κ3) is 1.98. The van der Waals surface area contributed by atoms with E-state index in [1.165, 1.54) is 54.3 Å². The quantitative estimate of drug-likeness (QED) is 0.766. The summed E-state index contributed by atoms with van der Waals surface area (Å²) in [6.07, 6.45) is 6.04. The van der Waals surface area contributed by atoms with E-state index in [2.05, 4.69) is 40.2 Å². The van der Waals surface area contributed by atoms with Gasteiger partial charge in [-0.1, -0.05) is 24.6 Å². The number of hydrogen-bond donors (Lipinski definition) is 1. The highest BCUT2D eigenvalue weighted by molar-refractivity contribution is 6.05. The van der Waals surface area contributed by atoms with E-state index < -0.39 is 0 Å². The monoisotopic (exact) mass is 265 g/mol. The Morgan fingerprint density at radius 2 is 1.85 bits per heavy atom. The van der Waals surface area contributed by atoms with Crippen LogP contribution < -0.4 is 0 Å². The van der Waals surface area contributed by atoms with Gasteiger partial charge in [0.05, 0.1) is 16.7 Å². The molecule has 3 nitrogen and oxygen atoms in total. The second-order valence-corrected chi connectivity index (χ2v) is 5.68. The van der Waals surface area contributed by atoms with Crippen molar-refractivity contribution in [1.29, 1.82) is 0 Å². The lowest BCUT2D eigenvalue weighted by Gasteiger charge is -2.26. The van der Waals surface area contributed by atoms with Crippen LogP contribution in [0.4, 0.5) is 0 Å². The minimum Gasteiger partial charge on any atom is -0.360 e. The molecule has 3 aromatic rings. The summed E-state index contributed by atoms with van der Waals surface area (Å²) in [5.41, 5.74) is 3.49. The highest BCUT2D eigenvalue weighted by Crippen LogP contribution is 2.26. The van der Waals surface area contributed by atoms with Crippen LogP contribution in [0.3, 0.4) is 0 Å². The molecule has 0 unspecified atom stereocenters. The highest BCUT2D eigenvalue weighted by Gasteiger charge is 2.15. The maximum Gasteiger partial charge on any atom is 0.0792 e. The summed E-state index contributed by atoms with van der Waals surface area (Å²) in [4.78, 5) is 10.8. The summed E-state index contributed by atoms with van der Waals surface area (Å²) in [6, 6.07) is 10.6. The molecule has 1 aliphatic heterocycles. The maximum atomic E-state index is 4.90. The Balaban J connectivity index is 1.82. The molecule has 0 bridgehead atoms. The molecule has 0 spiro atoms. The van der Waals surface area contributed by atoms with E-state index in [0.717, 1.165) is 12.1 Å². The average Bonchev–Trinajstić information content (AvgIpc) is 2.98. The van der Waals surface area contributed by atoms with Gasteiger partial charge in [0, 0.05) is 23.5 Å². The van der Waals surface area contributed by atoms with Crippen LogP contribution in [-0.4, -0.2) is 28.0 Å². The van der Waals surface area contributed by atoms with Crippen LogP contribution in [0.25, 0.3) is 21.8 Å². The van der Waals surface area contributed by atoms with Crippen LogP contribution in [0.5, 0.6) is 0 Å². The van der Waals surface area contributed by atoms with Crippen LogP contribution >= 0.6 is 0 Å². The topological polar surface area (TPSA) is 31.9 Å². The summed E-state index contributed by atoms with van der Waals surface area (Å²) >= 11 is 0. The standard InChI is InChI=1S/C17H19N3/c1-4-10-20(11-5-1)12-16-17-14(8-9-18-17)13-6-2-3-7-15(13)19-16/h2-3,6-9,18H,1,4-5,10-12H2. The van der Waals surface area contributed by atoms with Gasteiger partial charge < -0.3 is 4.98 Å². The summed E-state index contributed by atoms with van der Waals surface area (Å²) in [6.45, 7) is 3.37. The molecule has 1 saturated heterocycles. The Labute approximate surface area is 118 Å². The van der Waals surface area contributed by atoms with Gasteiger partial charge in [-0.2, -0.15) is 0 Å². The van der Waals surface area contributed by atoms with Crippen molar-refractivity contribution >= 4 is 21.8 Å². The lowest BCUT2D eigenvalue weighted by atomic mass is 10.1. The van der Waals surface area contributed by atoms with E-state index in [9.17, 15) is 0 Å². The normalized spacial score (nSPS) is 17.0. The average molecular weight is 265 g/mol. The van der Waals surface area contributed by atoms with Gasteiger partial charge in [0.1, 0.15) is 0 Å². The molecule has 3 heterocycles. The van der Waals surface area contributed by atoms with Crippen LogP contribution in [0.2, 0.25) is 0 Å². The minimum atomic E-state index is 0.960. The van der Waals surface area contributed by atoms with E-state index in [1.54, 1.807) is 0 Å². The van der Waals surface area contributed by atoms with Crippen molar-refractivity contribution in [3.8, 4) is 0 Å². The molecule has 3 heteroatoms. The van der Waals surface area contributed by atoms with Crippen molar-refractivity contribution in [2.75, 3.05) is 13.1 Å². The lowest BCUT2D eigenvalue weighted by Crippen LogP contribution is -2.29. The summed E-state index contributed by atoms with van der Waals surface area (Å²) in [5, 5.41) is 2.54. The number of benzene rings is 1. The largest absolute Gasteiger partial charge is 0.360 e. The first-order chi connectivity index (χ1) is 9.92. The zero-order valence-electron chi connectivity index (χ0n) is 11.6. The third-order valence-electron chi connectivity index (χ3n) is 4.31. The van der Waals surface area contributed by atoms with Crippen molar-refractivity contribution in [3.05, 3.63) is 42.2 Å². The fourth-order valence-corrected chi connectivity index (χ4v) is 3.28. The van der Waals surface area contributed by atoms with Gasteiger partial charge >= 0.3 is 0 Å². The molecule has 20 heavy (non-hydrogen) atoms. The second kappa shape index (κ2) is 4.91. The molecular weight excluding hydrogens is 246 g/mol. The lowest BCUT2D eigenvalue weighted by molar-refractivity contribution is 0.219.